The summed E-state index contributed by atoms with van der Waals surface area (Å²) in [5.74, 6) is -1.05. The molecule has 4 aliphatic rings. The maximum atomic E-state index is 14.6. The molecular formula is C22H30F2N2O2. The monoisotopic (exact) mass is 392 g/mol. The summed E-state index contributed by atoms with van der Waals surface area (Å²) in [7, 11) is 1.69. The Kier molecular flexibility index (Phi) is 5.97. The zero-order chi connectivity index (χ0) is 19.7. The highest BCUT2D eigenvalue weighted by molar-refractivity contribution is 5.77. The molecule has 4 saturated heterocycles. The van der Waals surface area contributed by atoms with E-state index in [1.807, 2.05) is 4.90 Å². The highest BCUT2D eigenvalue weighted by Crippen LogP contribution is 2.47. The lowest BCUT2D eigenvalue weighted by Crippen LogP contribution is -2.60. The van der Waals surface area contributed by atoms with Crippen LogP contribution in [0.15, 0.2) is 18.2 Å². The molecule has 4 fully saturated rings. The van der Waals surface area contributed by atoms with Crippen LogP contribution in [-0.4, -0.2) is 61.1 Å². The third-order valence-corrected chi connectivity index (χ3v) is 6.93. The Bertz CT molecular complexity index is 706. The minimum Gasteiger partial charge on any atom is -0.385 e. The molecule has 4 nitrogen and oxygen atoms in total. The highest BCUT2D eigenvalue weighted by atomic mass is 19.2. The summed E-state index contributed by atoms with van der Waals surface area (Å²) in [5, 5.41) is 0. The fraction of sp³-hybridized carbons (Fsp3) is 0.682. The van der Waals surface area contributed by atoms with E-state index in [1.54, 1.807) is 19.2 Å². The normalized spacial score (nSPS) is 31.2. The maximum Gasteiger partial charge on any atom is 0.222 e. The smallest absolute Gasteiger partial charge is 0.222 e. The second-order valence-electron chi connectivity index (χ2n) is 8.45. The summed E-state index contributed by atoms with van der Waals surface area (Å²) in [6.07, 6.45) is 5.50. The number of piperidine rings is 3. The molecule has 28 heavy (non-hydrogen) atoms. The van der Waals surface area contributed by atoms with E-state index in [9.17, 15) is 13.6 Å². The first kappa shape index (κ1) is 19.8. The molecule has 0 N–H and O–H groups in total. The van der Waals surface area contributed by atoms with Gasteiger partial charge in [-0.15, -0.1) is 0 Å². The number of carbonyl (C=O) groups excluding carboxylic acids is 1. The Morgan fingerprint density at radius 3 is 2.68 bits per heavy atom. The SMILES string of the molecule is COCCCCCC(=O)N1C[C@@H](c2cccc(F)c2F)[C@@H]2[C@H]1C1CCN2CC1. The molecule has 0 radical (unpaired) electrons. The molecule has 0 saturated carbocycles. The second kappa shape index (κ2) is 8.46. The first-order chi connectivity index (χ1) is 13.6. The van der Waals surface area contributed by atoms with Gasteiger partial charge in [0.1, 0.15) is 0 Å². The maximum absolute atomic E-state index is 14.6. The molecule has 154 valence electrons. The molecule has 1 amide bonds. The van der Waals surface area contributed by atoms with Gasteiger partial charge in [-0.05, 0) is 56.3 Å². The van der Waals surface area contributed by atoms with Crippen molar-refractivity contribution in [3.05, 3.63) is 35.4 Å². The third-order valence-electron chi connectivity index (χ3n) is 6.93. The standard InChI is InChI=1S/C22H30F2N2O2/c1-28-13-4-2-3-8-19(27)26-14-17(16-6-5-7-18(23)20(16)24)22-21(26)15-9-11-25(22)12-10-15/h5-7,15,17,21-22H,2-4,8-14H2,1H3/t17-,21+,22+/m0/s1. The summed E-state index contributed by atoms with van der Waals surface area (Å²) in [5.41, 5.74) is 0.429. The summed E-state index contributed by atoms with van der Waals surface area (Å²) in [6.45, 7) is 3.22. The summed E-state index contributed by atoms with van der Waals surface area (Å²) >= 11 is 0. The average Bonchev–Trinajstić information content (AvgIpc) is 3.13. The van der Waals surface area contributed by atoms with Crippen LogP contribution in [0.1, 0.15) is 50.0 Å². The number of fused-ring (bicyclic) bond motifs is 2. The molecule has 0 aromatic heterocycles. The van der Waals surface area contributed by atoms with Crippen molar-refractivity contribution < 1.29 is 18.3 Å². The van der Waals surface area contributed by atoms with E-state index in [-0.39, 0.29) is 23.9 Å². The van der Waals surface area contributed by atoms with Gasteiger partial charge in [0.25, 0.3) is 0 Å². The number of nitrogens with zero attached hydrogens (tertiary/aromatic N) is 2. The van der Waals surface area contributed by atoms with Crippen LogP contribution in [0.5, 0.6) is 0 Å². The first-order valence-corrected chi connectivity index (χ1v) is 10.6. The largest absolute Gasteiger partial charge is 0.385 e. The number of hydrogen-bond donors (Lipinski definition) is 0. The molecule has 6 heteroatoms. The van der Waals surface area contributed by atoms with Crippen LogP contribution in [0.3, 0.4) is 0 Å². The van der Waals surface area contributed by atoms with E-state index in [1.165, 1.54) is 6.07 Å². The number of likely N-dealkylation sites (tertiary alicyclic amines) is 1. The van der Waals surface area contributed by atoms with Crippen molar-refractivity contribution in [1.82, 2.24) is 9.80 Å². The zero-order valence-electron chi connectivity index (χ0n) is 16.6. The fourth-order valence-corrected chi connectivity index (χ4v) is 5.63. The minimum atomic E-state index is -0.798. The van der Waals surface area contributed by atoms with Crippen molar-refractivity contribution in [2.24, 2.45) is 5.92 Å². The average molecular weight is 392 g/mol. The molecule has 1 aromatic rings. The van der Waals surface area contributed by atoms with Crippen molar-refractivity contribution in [2.75, 3.05) is 33.4 Å². The van der Waals surface area contributed by atoms with E-state index in [2.05, 4.69) is 4.90 Å². The molecular weight excluding hydrogens is 362 g/mol. The lowest BCUT2D eigenvalue weighted by atomic mass is 9.75. The van der Waals surface area contributed by atoms with Crippen LogP contribution in [0, 0.1) is 17.6 Å². The number of hydrogen-bond acceptors (Lipinski definition) is 3. The number of halogens is 2. The second-order valence-corrected chi connectivity index (χ2v) is 8.45. The van der Waals surface area contributed by atoms with E-state index < -0.39 is 11.6 Å². The van der Waals surface area contributed by atoms with Crippen molar-refractivity contribution >= 4 is 5.91 Å². The lowest BCUT2D eigenvalue weighted by Gasteiger charge is -2.51. The van der Waals surface area contributed by atoms with Gasteiger partial charge >= 0.3 is 0 Å². The van der Waals surface area contributed by atoms with Gasteiger partial charge in [-0.2, -0.15) is 0 Å². The Morgan fingerprint density at radius 1 is 1.14 bits per heavy atom. The summed E-state index contributed by atoms with van der Waals surface area (Å²) < 4.78 is 33.6. The van der Waals surface area contributed by atoms with Crippen LogP contribution in [0.4, 0.5) is 8.78 Å². The number of benzene rings is 1. The Morgan fingerprint density at radius 2 is 1.93 bits per heavy atom. The molecule has 5 rings (SSSR count). The molecule has 0 unspecified atom stereocenters. The van der Waals surface area contributed by atoms with Gasteiger partial charge in [-0.3, -0.25) is 9.69 Å². The third kappa shape index (κ3) is 3.57. The topological polar surface area (TPSA) is 32.8 Å². The summed E-state index contributed by atoms with van der Waals surface area (Å²) in [6, 6.07) is 4.70. The molecule has 0 aliphatic carbocycles. The van der Waals surface area contributed by atoms with Crippen LogP contribution < -0.4 is 0 Å². The minimum absolute atomic E-state index is 0.112. The quantitative estimate of drug-likeness (QED) is 0.665. The molecule has 4 aliphatic heterocycles. The molecule has 2 bridgehead atoms. The van der Waals surface area contributed by atoms with Gasteiger partial charge in [0.2, 0.25) is 5.91 Å². The number of carbonyl (C=O) groups is 1. The Hall–Kier alpha value is -1.53. The molecule has 0 spiro atoms. The summed E-state index contributed by atoms with van der Waals surface area (Å²) in [4.78, 5) is 17.5. The zero-order valence-corrected chi connectivity index (χ0v) is 16.6. The van der Waals surface area contributed by atoms with Gasteiger partial charge in [0.15, 0.2) is 11.6 Å². The Balaban J connectivity index is 1.53. The van der Waals surface area contributed by atoms with Gasteiger partial charge < -0.3 is 9.64 Å². The van der Waals surface area contributed by atoms with E-state index in [4.69, 9.17) is 4.74 Å². The molecule has 4 heterocycles. The number of amides is 1. The van der Waals surface area contributed by atoms with Gasteiger partial charge in [-0.25, -0.2) is 8.78 Å². The van der Waals surface area contributed by atoms with Crippen LogP contribution in [0.2, 0.25) is 0 Å². The van der Waals surface area contributed by atoms with Gasteiger partial charge in [0, 0.05) is 38.6 Å². The number of ether oxygens (including phenoxy) is 1. The number of rotatable bonds is 7. The van der Waals surface area contributed by atoms with Gasteiger partial charge in [0.05, 0.1) is 6.04 Å². The predicted molar refractivity (Wildman–Crippen MR) is 103 cm³/mol. The Labute approximate surface area is 165 Å². The predicted octanol–water partition coefficient (Wildman–Crippen LogP) is 3.56. The van der Waals surface area contributed by atoms with Crippen LogP contribution in [0.25, 0.3) is 0 Å². The fourth-order valence-electron chi connectivity index (χ4n) is 5.63. The van der Waals surface area contributed by atoms with E-state index >= 15 is 0 Å². The van der Waals surface area contributed by atoms with E-state index in [0.29, 0.717) is 24.4 Å². The molecule has 1 aromatic carbocycles. The van der Waals surface area contributed by atoms with E-state index in [0.717, 1.165) is 51.8 Å². The van der Waals surface area contributed by atoms with Crippen LogP contribution in [-0.2, 0) is 9.53 Å². The lowest BCUT2D eigenvalue weighted by molar-refractivity contribution is -0.136. The van der Waals surface area contributed by atoms with Crippen molar-refractivity contribution in [2.45, 2.75) is 56.5 Å². The molecule has 3 atom stereocenters. The van der Waals surface area contributed by atoms with Crippen molar-refractivity contribution in [3.63, 3.8) is 0 Å². The van der Waals surface area contributed by atoms with Gasteiger partial charge in [-0.1, -0.05) is 18.6 Å². The highest BCUT2D eigenvalue weighted by Gasteiger charge is 2.54. The van der Waals surface area contributed by atoms with Crippen LogP contribution >= 0.6 is 0 Å². The van der Waals surface area contributed by atoms with Crippen molar-refractivity contribution in [1.29, 1.82) is 0 Å². The number of unbranched alkanes of at least 4 members (excludes halogenated alkanes) is 2. The number of methoxy groups -OCH3 is 1. The van der Waals surface area contributed by atoms with Crippen molar-refractivity contribution in [3.8, 4) is 0 Å². The first-order valence-electron chi connectivity index (χ1n) is 10.6.